The first-order chi connectivity index (χ1) is 20.5. The van der Waals surface area contributed by atoms with E-state index in [0.717, 1.165) is 18.4 Å². The summed E-state index contributed by atoms with van der Waals surface area (Å²) in [7, 11) is 0. The van der Waals surface area contributed by atoms with Gasteiger partial charge in [0, 0.05) is 24.1 Å². The summed E-state index contributed by atoms with van der Waals surface area (Å²) in [5.41, 5.74) is 1.28. The summed E-state index contributed by atoms with van der Waals surface area (Å²) >= 11 is 0. The Morgan fingerprint density at radius 1 is 0.884 bits per heavy atom. The highest BCUT2D eigenvalue weighted by Gasteiger charge is 2.55. The first kappa shape index (κ1) is 31.6. The van der Waals surface area contributed by atoms with Gasteiger partial charge in [0.15, 0.2) is 5.78 Å². The van der Waals surface area contributed by atoms with Crippen LogP contribution in [0.15, 0.2) is 91.0 Å². The molecule has 43 heavy (non-hydrogen) atoms. The highest BCUT2D eigenvalue weighted by Crippen LogP contribution is 2.31. The van der Waals surface area contributed by atoms with Gasteiger partial charge in [0.05, 0.1) is 19.1 Å². The number of hydrogen-bond donors (Lipinski definition) is 1. The lowest BCUT2D eigenvalue weighted by Gasteiger charge is -2.36. The van der Waals surface area contributed by atoms with Crippen molar-refractivity contribution in [3.63, 3.8) is 0 Å². The second-order valence-corrected chi connectivity index (χ2v) is 12.2. The average Bonchev–Trinajstić information content (AvgIpc) is 3.39. The molecular formula is C35H42N3O5+. The molecule has 3 atom stereocenters. The van der Waals surface area contributed by atoms with E-state index in [1.807, 2.05) is 73.7 Å². The molecule has 3 amide bonds. The Bertz CT molecular complexity index is 1410. The molecule has 226 valence electrons. The van der Waals surface area contributed by atoms with Crippen molar-refractivity contribution in [2.24, 2.45) is 0 Å². The lowest BCUT2D eigenvalue weighted by Crippen LogP contribution is -2.63. The van der Waals surface area contributed by atoms with Crippen molar-refractivity contribution >= 4 is 29.4 Å². The number of carbonyl (C=O) groups excluding carboxylic acids is 4. The predicted octanol–water partition coefficient (Wildman–Crippen LogP) is 5.56. The van der Waals surface area contributed by atoms with Crippen LogP contribution in [-0.2, 0) is 20.7 Å². The van der Waals surface area contributed by atoms with Crippen LogP contribution >= 0.6 is 0 Å². The number of nitrogens with one attached hydrogen (secondary N) is 1. The number of likely N-dealkylation sites (tertiary alicyclic amines) is 1. The van der Waals surface area contributed by atoms with Gasteiger partial charge in [-0.05, 0) is 63.9 Å². The fourth-order valence-electron chi connectivity index (χ4n) is 5.56. The number of Topliss-reactive ketones (excluding diaryl/α,β-unsaturated/α-hetero) is 1. The van der Waals surface area contributed by atoms with Crippen LogP contribution in [0.1, 0.15) is 56.5 Å². The van der Waals surface area contributed by atoms with Crippen LogP contribution in [0.25, 0.3) is 0 Å². The van der Waals surface area contributed by atoms with Gasteiger partial charge in [-0.2, -0.15) is 9.28 Å². The Hall–Kier alpha value is -4.30. The molecule has 1 saturated heterocycles. The van der Waals surface area contributed by atoms with Crippen molar-refractivity contribution in [2.45, 2.75) is 64.6 Å². The number of hydrogen-bond acceptors (Lipinski definition) is 6. The molecule has 3 aromatic rings. The van der Waals surface area contributed by atoms with Gasteiger partial charge in [0.1, 0.15) is 18.2 Å². The Balaban J connectivity index is 1.62. The molecule has 1 aliphatic heterocycles. The zero-order valence-electron chi connectivity index (χ0n) is 25.5. The van der Waals surface area contributed by atoms with Crippen molar-refractivity contribution < 1.29 is 28.4 Å². The van der Waals surface area contributed by atoms with Crippen molar-refractivity contribution in [3.8, 4) is 0 Å². The van der Waals surface area contributed by atoms with Crippen LogP contribution in [-0.4, -0.2) is 65.5 Å². The molecule has 8 heteroatoms. The molecule has 0 bridgehead atoms. The fraction of sp³-hybridized carbons (Fsp3) is 0.371. The van der Waals surface area contributed by atoms with Gasteiger partial charge in [-0.25, -0.2) is 4.79 Å². The van der Waals surface area contributed by atoms with E-state index in [1.54, 1.807) is 49.9 Å². The molecule has 4 rings (SSSR count). The van der Waals surface area contributed by atoms with Gasteiger partial charge in [-0.1, -0.05) is 66.7 Å². The maximum atomic E-state index is 14.1. The summed E-state index contributed by atoms with van der Waals surface area (Å²) in [6.45, 7) is 7.33. The molecule has 1 heterocycles. The second kappa shape index (κ2) is 13.8. The summed E-state index contributed by atoms with van der Waals surface area (Å²) in [6, 6.07) is 26.4. The smallest absolute Gasteiger partial charge is 0.414 e. The van der Waals surface area contributed by atoms with Crippen LogP contribution < -0.4 is 10.2 Å². The molecule has 1 N–H and O–H groups in total. The van der Waals surface area contributed by atoms with Crippen LogP contribution in [0.5, 0.6) is 0 Å². The van der Waals surface area contributed by atoms with E-state index >= 15 is 0 Å². The largest absolute Gasteiger partial charge is 0.524 e. The van der Waals surface area contributed by atoms with E-state index in [-0.39, 0.29) is 36.7 Å². The maximum Gasteiger partial charge on any atom is 0.524 e. The molecule has 0 saturated carbocycles. The summed E-state index contributed by atoms with van der Waals surface area (Å²) in [5, 5.41) is 2.93. The van der Waals surface area contributed by atoms with Gasteiger partial charge in [-0.15, -0.1) is 0 Å². The van der Waals surface area contributed by atoms with Crippen LogP contribution in [0.3, 0.4) is 0 Å². The topological polar surface area (TPSA) is 92.8 Å². The third kappa shape index (κ3) is 7.96. The quantitative estimate of drug-likeness (QED) is 0.314. The number of benzene rings is 3. The van der Waals surface area contributed by atoms with E-state index in [0.29, 0.717) is 24.2 Å². The molecular weight excluding hydrogens is 542 g/mol. The van der Waals surface area contributed by atoms with Gasteiger partial charge in [0.25, 0.3) is 5.91 Å². The SMILES string of the molecule is CC1CCC[N@+]1(C(=O)CN(CC(=O)C(Cc1ccccc1)NC(=O)c1ccccc1)c1ccccc1)C(=O)OC(C)(C)C. The standard InChI is InChI=1S/C35H41N3O5/c1-26-15-14-22-38(26,34(42)43-35(2,3)4)32(40)25-37(29-20-12-7-13-21-29)24-31(39)30(23-27-16-8-5-9-17-27)36-33(41)28-18-10-6-11-19-28/h5-13,16-21,26,30H,14-15,22-25H2,1-4H3/p+1/t26?,30?,38-/m0/s1. The Labute approximate surface area is 254 Å². The molecule has 0 aromatic heterocycles. The van der Waals surface area contributed by atoms with Gasteiger partial charge >= 0.3 is 12.0 Å². The van der Waals surface area contributed by atoms with Crippen molar-refractivity contribution in [3.05, 3.63) is 102 Å². The highest BCUT2D eigenvalue weighted by atomic mass is 16.6. The van der Waals surface area contributed by atoms with Crippen LogP contribution in [0.2, 0.25) is 0 Å². The first-order valence-corrected chi connectivity index (χ1v) is 14.9. The van der Waals surface area contributed by atoms with Crippen LogP contribution in [0, 0.1) is 0 Å². The molecule has 3 aromatic carbocycles. The molecule has 0 aliphatic carbocycles. The number of nitrogens with zero attached hydrogens (tertiary/aromatic N) is 2. The van der Waals surface area contributed by atoms with Gasteiger partial charge in [-0.3, -0.25) is 9.59 Å². The third-order valence-electron chi connectivity index (χ3n) is 7.86. The number of para-hydroxylation sites is 1. The summed E-state index contributed by atoms with van der Waals surface area (Å²) in [6.07, 6.45) is 1.18. The number of ketones is 1. The minimum Gasteiger partial charge on any atom is -0.414 e. The number of amides is 3. The monoisotopic (exact) mass is 584 g/mol. The lowest BCUT2D eigenvalue weighted by atomic mass is 10.0. The summed E-state index contributed by atoms with van der Waals surface area (Å²) < 4.78 is 5.35. The number of quaternary nitrogens is 1. The minimum atomic E-state index is -0.837. The molecule has 0 radical (unpaired) electrons. The Kier molecular flexibility index (Phi) is 10.1. The molecule has 8 nitrogen and oxygen atoms in total. The Morgan fingerprint density at radius 2 is 1.47 bits per heavy atom. The maximum absolute atomic E-state index is 14.1. The Morgan fingerprint density at radius 3 is 2.02 bits per heavy atom. The fourth-order valence-corrected chi connectivity index (χ4v) is 5.56. The predicted molar refractivity (Wildman–Crippen MR) is 167 cm³/mol. The van der Waals surface area contributed by atoms with Crippen molar-refractivity contribution in [1.29, 1.82) is 0 Å². The zero-order chi connectivity index (χ0) is 31.0. The van der Waals surface area contributed by atoms with Gasteiger partial charge < -0.3 is 15.0 Å². The molecule has 1 aliphatic rings. The van der Waals surface area contributed by atoms with Crippen molar-refractivity contribution in [1.82, 2.24) is 5.32 Å². The summed E-state index contributed by atoms with van der Waals surface area (Å²) in [5.74, 6) is -0.913. The third-order valence-corrected chi connectivity index (χ3v) is 7.86. The number of carbonyl (C=O) groups is 4. The van der Waals surface area contributed by atoms with Crippen molar-refractivity contribution in [2.75, 3.05) is 24.5 Å². The summed E-state index contributed by atoms with van der Waals surface area (Å²) in [4.78, 5) is 56.5. The lowest BCUT2D eigenvalue weighted by molar-refractivity contribution is -0.793. The normalized spacial score (nSPS) is 18.8. The highest BCUT2D eigenvalue weighted by molar-refractivity contribution is 5.99. The second-order valence-electron chi connectivity index (χ2n) is 12.2. The number of anilines is 1. The van der Waals surface area contributed by atoms with E-state index in [2.05, 4.69) is 5.32 Å². The van der Waals surface area contributed by atoms with Crippen LogP contribution in [0.4, 0.5) is 10.5 Å². The van der Waals surface area contributed by atoms with E-state index in [4.69, 9.17) is 4.74 Å². The first-order valence-electron chi connectivity index (χ1n) is 14.9. The molecule has 0 spiro atoms. The van der Waals surface area contributed by atoms with Gasteiger partial charge in [0.2, 0.25) is 0 Å². The number of rotatable bonds is 10. The van der Waals surface area contributed by atoms with E-state index in [1.165, 1.54) is 0 Å². The minimum absolute atomic E-state index is 0.134. The average molecular weight is 585 g/mol. The van der Waals surface area contributed by atoms with E-state index in [9.17, 15) is 19.2 Å². The van der Waals surface area contributed by atoms with E-state index < -0.39 is 22.2 Å². The zero-order valence-corrected chi connectivity index (χ0v) is 25.5. The number of ether oxygens (including phenoxy) is 1. The molecule has 2 unspecified atom stereocenters. The number of imide groups is 1. The molecule has 1 fully saturated rings.